The van der Waals surface area contributed by atoms with E-state index in [0.29, 0.717) is 25.6 Å². The lowest BCUT2D eigenvalue weighted by Gasteiger charge is -2.38. The van der Waals surface area contributed by atoms with Gasteiger partial charge in [-0.2, -0.15) is 0 Å². The van der Waals surface area contributed by atoms with E-state index in [1.54, 1.807) is 17.0 Å². The van der Waals surface area contributed by atoms with Gasteiger partial charge in [0.1, 0.15) is 5.82 Å². The third-order valence-corrected chi connectivity index (χ3v) is 2.68. The highest BCUT2D eigenvalue weighted by molar-refractivity contribution is 5.94. The number of nitrogens with two attached hydrogens (primary N) is 1. The van der Waals surface area contributed by atoms with Crippen molar-refractivity contribution in [3.05, 3.63) is 35.6 Å². The number of amides is 1. The lowest BCUT2D eigenvalue weighted by atomic mass is 9.99. The van der Waals surface area contributed by atoms with E-state index in [9.17, 15) is 9.18 Å². The minimum Gasteiger partial charge on any atom is -0.338 e. The van der Waals surface area contributed by atoms with Gasteiger partial charge in [-0.25, -0.2) is 4.39 Å². The maximum absolute atomic E-state index is 13.3. The Hall–Kier alpha value is -1.42. The summed E-state index contributed by atoms with van der Waals surface area (Å²) in [6, 6.07) is 6.04. The molecule has 1 saturated heterocycles. The summed E-state index contributed by atoms with van der Waals surface area (Å²) in [7, 11) is 0. The predicted octanol–water partition coefficient (Wildman–Crippen LogP) is 0.856. The van der Waals surface area contributed by atoms with Crippen LogP contribution in [0.25, 0.3) is 0 Å². The third kappa shape index (κ3) is 1.85. The quantitative estimate of drug-likeness (QED) is 0.783. The number of rotatable bonds is 2. The van der Waals surface area contributed by atoms with Crippen molar-refractivity contribution in [2.75, 3.05) is 19.6 Å². The minimum absolute atomic E-state index is 0.146. The first-order valence-corrected chi connectivity index (χ1v) is 4.96. The molecule has 1 aliphatic rings. The van der Waals surface area contributed by atoms with Crippen molar-refractivity contribution < 1.29 is 9.18 Å². The molecular weight excluding hydrogens is 195 g/mol. The van der Waals surface area contributed by atoms with Crippen molar-refractivity contribution in [2.45, 2.75) is 0 Å². The molecular formula is C11H13FN2O. The Balaban J connectivity index is 2.07. The van der Waals surface area contributed by atoms with E-state index in [4.69, 9.17) is 5.73 Å². The molecule has 0 spiro atoms. The summed E-state index contributed by atoms with van der Waals surface area (Å²) in [5.41, 5.74) is 5.60. The second-order valence-corrected chi connectivity index (χ2v) is 3.79. The molecule has 15 heavy (non-hydrogen) atoms. The summed E-state index contributed by atoms with van der Waals surface area (Å²) in [5, 5.41) is 0. The molecule has 1 aromatic carbocycles. The molecule has 2 N–H and O–H groups in total. The van der Waals surface area contributed by atoms with E-state index in [1.165, 1.54) is 12.1 Å². The van der Waals surface area contributed by atoms with Gasteiger partial charge in [-0.05, 0) is 18.7 Å². The van der Waals surface area contributed by atoms with E-state index < -0.39 is 5.82 Å². The van der Waals surface area contributed by atoms with Crippen LogP contribution in [0.1, 0.15) is 10.4 Å². The summed E-state index contributed by atoms with van der Waals surface area (Å²) in [6.07, 6.45) is 0. The number of carbonyl (C=O) groups excluding carboxylic acids is 1. The van der Waals surface area contributed by atoms with Gasteiger partial charge in [0.25, 0.3) is 5.91 Å². The topological polar surface area (TPSA) is 46.3 Å². The summed E-state index contributed by atoms with van der Waals surface area (Å²) >= 11 is 0. The molecule has 0 atom stereocenters. The molecule has 80 valence electrons. The molecule has 2 rings (SSSR count). The fourth-order valence-corrected chi connectivity index (χ4v) is 1.69. The van der Waals surface area contributed by atoms with Crippen molar-refractivity contribution in [1.82, 2.24) is 4.90 Å². The van der Waals surface area contributed by atoms with Crippen LogP contribution in [0.2, 0.25) is 0 Å². The molecule has 1 aliphatic heterocycles. The molecule has 0 aliphatic carbocycles. The Kier molecular flexibility index (Phi) is 2.68. The number of hydrogen-bond acceptors (Lipinski definition) is 2. The molecule has 3 nitrogen and oxygen atoms in total. The summed E-state index contributed by atoms with van der Waals surface area (Å²) in [5.74, 6) is -0.322. The molecule has 1 amide bonds. The van der Waals surface area contributed by atoms with Crippen molar-refractivity contribution in [1.29, 1.82) is 0 Å². The van der Waals surface area contributed by atoms with Gasteiger partial charge in [-0.1, -0.05) is 12.1 Å². The molecule has 0 saturated carbocycles. The standard InChI is InChI=1S/C11H13FN2O/c12-10-4-2-1-3-9(10)11(15)14-6-8(5-13)7-14/h1-4,8H,5-7,13H2. The Morgan fingerprint density at radius 2 is 2.13 bits per heavy atom. The summed E-state index contributed by atoms with van der Waals surface area (Å²) < 4.78 is 13.3. The Bertz CT molecular complexity index is 375. The Labute approximate surface area is 87.7 Å². The van der Waals surface area contributed by atoms with Crippen LogP contribution in [0.15, 0.2) is 24.3 Å². The normalized spacial score (nSPS) is 16.3. The third-order valence-electron chi connectivity index (χ3n) is 2.68. The first kappa shape index (κ1) is 10.1. The molecule has 0 unspecified atom stereocenters. The zero-order valence-corrected chi connectivity index (χ0v) is 8.32. The number of carbonyl (C=O) groups is 1. The van der Waals surface area contributed by atoms with E-state index in [1.807, 2.05) is 0 Å². The fourth-order valence-electron chi connectivity index (χ4n) is 1.69. The van der Waals surface area contributed by atoms with Gasteiger partial charge >= 0.3 is 0 Å². The zero-order valence-electron chi connectivity index (χ0n) is 8.32. The molecule has 4 heteroatoms. The second kappa shape index (κ2) is 3.98. The molecule has 1 fully saturated rings. The van der Waals surface area contributed by atoms with Crippen LogP contribution in [-0.2, 0) is 0 Å². The Morgan fingerprint density at radius 3 is 2.73 bits per heavy atom. The smallest absolute Gasteiger partial charge is 0.256 e. The fraction of sp³-hybridized carbons (Fsp3) is 0.364. The van der Waals surface area contributed by atoms with E-state index >= 15 is 0 Å². The zero-order chi connectivity index (χ0) is 10.8. The second-order valence-electron chi connectivity index (χ2n) is 3.79. The van der Waals surface area contributed by atoms with Crippen molar-refractivity contribution in [3.8, 4) is 0 Å². The van der Waals surface area contributed by atoms with Crippen molar-refractivity contribution in [3.63, 3.8) is 0 Å². The highest BCUT2D eigenvalue weighted by Crippen LogP contribution is 2.18. The van der Waals surface area contributed by atoms with Crippen LogP contribution >= 0.6 is 0 Å². The minimum atomic E-state index is -0.460. The average Bonchev–Trinajstić information content (AvgIpc) is 2.16. The van der Waals surface area contributed by atoms with Crippen molar-refractivity contribution >= 4 is 5.91 Å². The van der Waals surface area contributed by atoms with Gasteiger partial charge in [0, 0.05) is 19.0 Å². The van der Waals surface area contributed by atoms with E-state index in [2.05, 4.69) is 0 Å². The predicted molar refractivity (Wildman–Crippen MR) is 54.8 cm³/mol. The average molecular weight is 208 g/mol. The Morgan fingerprint density at radius 1 is 1.47 bits per heavy atom. The van der Waals surface area contributed by atoms with Crippen LogP contribution in [0.5, 0.6) is 0 Å². The highest BCUT2D eigenvalue weighted by atomic mass is 19.1. The largest absolute Gasteiger partial charge is 0.338 e. The van der Waals surface area contributed by atoms with Gasteiger partial charge in [-0.15, -0.1) is 0 Å². The number of hydrogen-bond donors (Lipinski definition) is 1. The van der Waals surface area contributed by atoms with E-state index in [-0.39, 0.29) is 11.5 Å². The molecule has 0 radical (unpaired) electrons. The van der Waals surface area contributed by atoms with E-state index in [0.717, 1.165) is 0 Å². The first-order valence-electron chi connectivity index (χ1n) is 4.96. The number of benzene rings is 1. The van der Waals surface area contributed by atoms with Crippen LogP contribution in [0, 0.1) is 11.7 Å². The first-order chi connectivity index (χ1) is 7.22. The maximum atomic E-state index is 13.3. The van der Waals surface area contributed by atoms with Crippen LogP contribution in [0.3, 0.4) is 0 Å². The molecule has 0 aromatic heterocycles. The SMILES string of the molecule is NCC1CN(C(=O)c2ccccc2F)C1. The van der Waals surface area contributed by atoms with Gasteiger partial charge in [0.2, 0.25) is 0 Å². The lowest BCUT2D eigenvalue weighted by Crippen LogP contribution is -2.52. The summed E-state index contributed by atoms with van der Waals surface area (Å²) in [6.45, 7) is 1.87. The molecule has 0 bridgehead atoms. The summed E-state index contributed by atoms with van der Waals surface area (Å²) in [4.78, 5) is 13.4. The van der Waals surface area contributed by atoms with Crippen LogP contribution in [0.4, 0.5) is 4.39 Å². The monoisotopic (exact) mass is 208 g/mol. The van der Waals surface area contributed by atoms with Crippen molar-refractivity contribution in [2.24, 2.45) is 11.7 Å². The van der Waals surface area contributed by atoms with Gasteiger partial charge in [0.05, 0.1) is 5.56 Å². The van der Waals surface area contributed by atoms with Crippen LogP contribution < -0.4 is 5.73 Å². The highest BCUT2D eigenvalue weighted by Gasteiger charge is 2.30. The van der Waals surface area contributed by atoms with Gasteiger partial charge in [0.15, 0.2) is 0 Å². The number of likely N-dealkylation sites (tertiary alicyclic amines) is 1. The molecule has 1 aromatic rings. The van der Waals surface area contributed by atoms with Gasteiger partial charge in [-0.3, -0.25) is 4.79 Å². The number of halogens is 1. The number of nitrogens with zero attached hydrogens (tertiary/aromatic N) is 1. The maximum Gasteiger partial charge on any atom is 0.256 e. The van der Waals surface area contributed by atoms with Crippen LogP contribution in [-0.4, -0.2) is 30.4 Å². The van der Waals surface area contributed by atoms with Gasteiger partial charge < -0.3 is 10.6 Å². The molecule has 1 heterocycles. The lowest BCUT2D eigenvalue weighted by molar-refractivity contribution is 0.0510.